The maximum atomic E-state index is 4.22. The van der Waals surface area contributed by atoms with Crippen LogP contribution in [0, 0.1) is 0 Å². The van der Waals surface area contributed by atoms with Crippen molar-refractivity contribution in [2.75, 3.05) is 38.1 Å². The van der Waals surface area contributed by atoms with Gasteiger partial charge in [-0.2, -0.15) is 0 Å². The first-order valence-electron chi connectivity index (χ1n) is 6.48. The average Bonchev–Trinajstić information content (AvgIpc) is 2.41. The van der Waals surface area contributed by atoms with Crippen LogP contribution in [0.4, 0.5) is 5.95 Å². The van der Waals surface area contributed by atoms with Crippen LogP contribution in [0.2, 0.25) is 0 Å². The van der Waals surface area contributed by atoms with E-state index in [1.54, 1.807) is 12.4 Å². The van der Waals surface area contributed by atoms with Gasteiger partial charge >= 0.3 is 0 Å². The van der Waals surface area contributed by atoms with Gasteiger partial charge in [0.2, 0.25) is 5.95 Å². The molecule has 4 nitrogen and oxygen atoms in total. The Morgan fingerprint density at radius 3 is 2.00 bits per heavy atom. The molecule has 1 aliphatic rings. The molecule has 0 amide bonds. The molecule has 1 fully saturated rings. The highest BCUT2D eigenvalue weighted by atomic mass is 15.3. The molecule has 0 bridgehead atoms. The largest absolute Gasteiger partial charge is 0.338 e. The zero-order chi connectivity index (χ0) is 12.5. The first-order chi connectivity index (χ1) is 8.27. The number of aromatic nitrogens is 2. The highest BCUT2D eigenvalue weighted by molar-refractivity contribution is 5.28. The van der Waals surface area contributed by atoms with Crippen molar-refractivity contribution < 1.29 is 0 Å². The average molecular weight is 236 g/mol. The Hall–Kier alpha value is -1.16. The lowest BCUT2D eigenvalue weighted by Crippen LogP contribution is -2.45. The lowest BCUT2D eigenvalue weighted by molar-refractivity contribution is 0.311. The maximum absolute atomic E-state index is 4.22. The highest BCUT2D eigenvalue weighted by Gasteiger charge is 2.15. The molecule has 17 heavy (non-hydrogen) atoms. The number of unbranched alkanes of at least 4 members (excludes halogenated alkanes) is 1. The molecule has 96 valence electrons. The zero-order valence-electron chi connectivity index (χ0n) is 11.3. The second-order valence-electron chi connectivity index (χ2n) is 4.34. The summed E-state index contributed by atoms with van der Waals surface area (Å²) in [6, 6.07) is 1.85. The van der Waals surface area contributed by atoms with Crippen LogP contribution >= 0.6 is 0 Å². The normalized spacial score (nSPS) is 16.3. The van der Waals surface area contributed by atoms with Crippen LogP contribution in [-0.4, -0.2) is 48.1 Å². The molecule has 0 unspecified atom stereocenters. The van der Waals surface area contributed by atoms with Gasteiger partial charge < -0.3 is 9.80 Å². The summed E-state index contributed by atoms with van der Waals surface area (Å²) in [5.74, 6) is 0.857. The molecule has 2 rings (SSSR count). The smallest absolute Gasteiger partial charge is 0.225 e. The molecule has 0 aliphatic carbocycles. The van der Waals surface area contributed by atoms with E-state index in [4.69, 9.17) is 0 Å². The summed E-state index contributed by atoms with van der Waals surface area (Å²) in [7, 11) is 2.14. The van der Waals surface area contributed by atoms with Crippen molar-refractivity contribution in [1.29, 1.82) is 0 Å². The van der Waals surface area contributed by atoms with E-state index in [1.165, 1.54) is 12.8 Å². The van der Waals surface area contributed by atoms with Gasteiger partial charge in [0.05, 0.1) is 0 Å². The molecule has 4 heteroatoms. The summed E-state index contributed by atoms with van der Waals surface area (Å²) in [5, 5.41) is 0. The van der Waals surface area contributed by atoms with E-state index in [9.17, 15) is 0 Å². The van der Waals surface area contributed by atoms with Crippen molar-refractivity contribution in [2.45, 2.75) is 26.7 Å². The van der Waals surface area contributed by atoms with Crippen molar-refractivity contribution in [1.82, 2.24) is 14.9 Å². The Kier molecular flexibility index (Phi) is 6.55. The van der Waals surface area contributed by atoms with Gasteiger partial charge in [-0.1, -0.05) is 26.7 Å². The van der Waals surface area contributed by atoms with Crippen LogP contribution in [0.3, 0.4) is 0 Å². The van der Waals surface area contributed by atoms with E-state index < -0.39 is 0 Å². The van der Waals surface area contributed by atoms with Gasteiger partial charge in [-0.15, -0.1) is 0 Å². The van der Waals surface area contributed by atoms with Gasteiger partial charge in [-0.05, 0) is 13.1 Å². The molecule has 1 aliphatic heterocycles. The van der Waals surface area contributed by atoms with Crippen LogP contribution in [0.1, 0.15) is 26.7 Å². The van der Waals surface area contributed by atoms with Crippen LogP contribution in [0.15, 0.2) is 18.5 Å². The van der Waals surface area contributed by atoms with E-state index in [0.717, 1.165) is 32.1 Å². The van der Waals surface area contributed by atoms with Gasteiger partial charge in [0, 0.05) is 38.6 Å². The van der Waals surface area contributed by atoms with Crippen LogP contribution in [0.25, 0.3) is 0 Å². The molecule has 0 atom stereocenters. The number of rotatable bonds is 2. The first kappa shape index (κ1) is 13.9. The van der Waals surface area contributed by atoms with E-state index in [2.05, 4.69) is 40.7 Å². The minimum atomic E-state index is 0.857. The van der Waals surface area contributed by atoms with Gasteiger partial charge in [0.15, 0.2) is 0 Å². The van der Waals surface area contributed by atoms with Crippen LogP contribution < -0.4 is 4.90 Å². The monoisotopic (exact) mass is 236 g/mol. The Labute approximate surface area is 105 Å². The fraction of sp³-hybridized carbons (Fsp3) is 0.692. The molecule has 1 aromatic rings. The Morgan fingerprint density at radius 2 is 1.53 bits per heavy atom. The number of likely N-dealkylation sites (N-methyl/N-ethyl adjacent to an activating group) is 1. The SMILES string of the molecule is CCCC.CN1CCN(c2ncccn2)CC1. The van der Waals surface area contributed by atoms with E-state index >= 15 is 0 Å². The summed E-state index contributed by atoms with van der Waals surface area (Å²) in [6.07, 6.45) is 6.22. The van der Waals surface area contributed by atoms with E-state index in [-0.39, 0.29) is 0 Å². The van der Waals surface area contributed by atoms with Crippen molar-refractivity contribution in [3.8, 4) is 0 Å². The molecular formula is C13H24N4. The quantitative estimate of drug-likeness (QED) is 0.786. The van der Waals surface area contributed by atoms with Crippen LogP contribution in [0.5, 0.6) is 0 Å². The standard InChI is InChI=1S/C9H14N4.C4H10/c1-12-5-7-13(8-6-12)9-10-3-2-4-11-9;1-3-4-2/h2-4H,5-8H2,1H3;3-4H2,1-2H3. The molecule has 1 saturated heterocycles. The predicted octanol–water partition coefficient (Wildman–Crippen LogP) is 2.03. The number of hydrogen-bond acceptors (Lipinski definition) is 4. The topological polar surface area (TPSA) is 32.3 Å². The van der Waals surface area contributed by atoms with Crippen molar-refractivity contribution in [3.63, 3.8) is 0 Å². The minimum absolute atomic E-state index is 0.857. The lowest BCUT2D eigenvalue weighted by Gasteiger charge is -2.32. The van der Waals surface area contributed by atoms with Crippen molar-refractivity contribution in [3.05, 3.63) is 18.5 Å². The van der Waals surface area contributed by atoms with Gasteiger partial charge in [-0.3, -0.25) is 0 Å². The van der Waals surface area contributed by atoms with E-state index in [0.29, 0.717) is 0 Å². The van der Waals surface area contributed by atoms with Gasteiger partial charge in [0.25, 0.3) is 0 Å². The fourth-order valence-corrected chi connectivity index (χ4v) is 1.46. The zero-order valence-corrected chi connectivity index (χ0v) is 11.3. The molecule has 0 N–H and O–H groups in total. The Balaban J connectivity index is 0.000000317. The second-order valence-corrected chi connectivity index (χ2v) is 4.34. The molecule has 0 saturated carbocycles. The van der Waals surface area contributed by atoms with Crippen molar-refractivity contribution in [2.24, 2.45) is 0 Å². The molecule has 0 spiro atoms. The summed E-state index contributed by atoms with van der Waals surface area (Å²) in [6.45, 7) is 8.61. The van der Waals surface area contributed by atoms with Crippen LogP contribution in [-0.2, 0) is 0 Å². The number of anilines is 1. The molecular weight excluding hydrogens is 212 g/mol. The highest BCUT2D eigenvalue weighted by Crippen LogP contribution is 2.07. The number of hydrogen-bond donors (Lipinski definition) is 0. The van der Waals surface area contributed by atoms with Crippen molar-refractivity contribution >= 4 is 5.95 Å². The summed E-state index contributed by atoms with van der Waals surface area (Å²) < 4.78 is 0. The van der Waals surface area contributed by atoms with E-state index in [1.807, 2.05) is 6.07 Å². The fourth-order valence-electron chi connectivity index (χ4n) is 1.46. The number of piperazine rings is 1. The minimum Gasteiger partial charge on any atom is -0.338 e. The third-order valence-corrected chi connectivity index (χ3v) is 2.84. The maximum Gasteiger partial charge on any atom is 0.225 e. The van der Waals surface area contributed by atoms with Gasteiger partial charge in [-0.25, -0.2) is 9.97 Å². The third-order valence-electron chi connectivity index (χ3n) is 2.84. The number of nitrogens with zero attached hydrogens (tertiary/aromatic N) is 4. The summed E-state index contributed by atoms with van der Waals surface area (Å²) in [4.78, 5) is 13.0. The second kappa shape index (κ2) is 8.01. The Morgan fingerprint density at radius 1 is 1.00 bits per heavy atom. The summed E-state index contributed by atoms with van der Waals surface area (Å²) >= 11 is 0. The molecule has 2 heterocycles. The van der Waals surface area contributed by atoms with Gasteiger partial charge in [0.1, 0.15) is 0 Å². The third kappa shape index (κ3) is 5.13. The Bertz CT molecular complexity index is 279. The lowest BCUT2D eigenvalue weighted by atomic mass is 10.3. The predicted molar refractivity (Wildman–Crippen MR) is 72.3 cm³/mol. The molecule has 0 radical (unpaired) electrons. The molecule has 1 aromatic heterocycles. The molecule has 0 aromatic carbocycles. The first-order valence-corrected chi connectivity index (χ1v) is 6.48. The summed E-state index contributed by atoms with van der Waals surface area (Å²) in [5.41, 5.74) is 0.